The van der Waals surface area contributed by atoms with Crippen molar-refractivity contribution in [2.75, 3.05) is 0 Å². The molecule has 0 amide bonds. The van der Waals surface area contributed by atoms with Crippen LogP contribution in [0.25, 0.3) is 11.0 Å². The number of rotatable bonds is 6. The van der Waals surface area contributed by atoms with Crippen molar-refractivity contribution in [3.05, 3.63) is 85.9 Å². The Morgan fingerprint density at radius 3 is 2.26 bits per heavy atom. The van der Waals surface area contributed by atoms with Crippen molar-refractivity contribution in [3.63, 3.8) is 0 Å². The molecule has 4 rings (SSSR count). The monoisotopic (exact) mass is 569 g/mol. The van der Waals surface area contributed by atoms with Gasteiger partial charge in [0.25, 0.3) is 0 Å². The number of alkyl halides is 3. The van der Waals surface area contributed by atoms with Crippen LogP contribution in [0.4, 0.5) is 13.2 Å². The van der Waals surface area contributed by atoms with Crippen LogP contribution < -0.4 is 10.4 Å². The van der Waals surface area contributed by atoms with Crippen LogP contribution in [-0.2, 0) is 19.7 Å². The van der Waals surface area contributed by atoms with Gasteiger partial charge in [0.05, 0.1) is 16.6 Å². The number of carboxylic acids is 1. The Morgan fingerprint density at radius 2 is 1.68 bits per heavy atom. The molecule has 2 aromatic carbocycles. The fourth-order valence-electron chi connectivity index (χ4n) is 4.31. The van der Waals surface area contributed by atoms with E-state index in [1.807, 2.05) is 0 Å². The van der Waals surface area contributed by atoms with E-state index in [2.05, 4.69) is 4.98 Å². The summed E-state index contributed by atoms with van der Waals surface area (Å²) in [7, 11) is 2.92. The minimum atomic E-state index is -5.11. The number of ether oxygens (including phenoxy) is 1. The molecule has 0 aliphatic rings. The van der Waals surface area contributed by atoms with Crippen molar-refractivity contribution >= 4 is 40.2 Å². The normalized spacial score (nSPS) is 14.3. The lowest BCUT2D eigenvalue weighted by molar-refractivity contribution is -0.274. The number of aromatic nitrogens is 3. The molecule has 0 radical (unpaired) electrons. The Morgan fingerprint density at radius 1 is 1.03 bits per heavy atom. The SMILES string of the molecule is CC(c1ccc(Oc2ccc(C(=O)O)c(Cl)n2)cc1Cl)C(O)(c1ccc2c(c1)n(C)c(=O)n2C)C(F)(F)F. The predicted octanol–water partition coefficient (Wildman–Crippen LogP) is 5.62. The van der Waals surface area contributed by atoms with Gasteiger partial charge in [0.2, 0.25) is 5.88 Å². The molecule has 0 saturated heterocycles. The second-order valence-electron chi connectivity index (χ2n) is 8.67. The number of hydrogen-bond acceptors (Lipinski definition) is 5. The first-order chi connectivity index (χ1) is 17.7. The van der Waals surface area contributed by atoms with Crippen LogP contribution in [0.2, 0.25) is 10.2 Å². The topological polar surface area (TPSA) is 107 Å². The van der Waals surface area contributed by atoms with Gasteiger partial charge in [-0.3, -0.25) is 9.13 Å². The van der Waals surface area contributed by atoms with Crippen LogP contribution in [0, 0.1) is 0 Å². The van der Waals surface area contributed by atoms with E-state index in [4.69, 9.17) is 33.0 Å². The molecule has 0 fully saturated rings. The number of aromatic carboxylic acids is 1. The third-order valence-electron chi connectivity index (χ3n) is 6.49. The molecule has 200 valence electrons. The van der Waals surface area contributed by atoms with E-state index >= 15 is 0 Å². The number of aliphatic hydroxyl groups is 1. The molecule has 8 nitrogen and oxygen atoms in total. The van der Waals surface area contributed by atoms with E-state index in [1.165, 1.54) is 66.6 Å². The minimum Gasteiger partial charge on any atom is -0.478 e. The van der Waals surface area contributed by atoms with E-state index in [9.17, 15) is 27.9 Å². The van der Waals surface area contributed by atoms with Crippen LogP contribution in [0.1, 0.15) is 34.3 Å². The lowest BCUT2D eigenvalue weighted by Gasteiger charge is -2.37. The largest absolute Gasteiger partial charge is 0.478 e. The maximum Gasteiger partial charge on any atom is 0.422 e. The van der Waals surface area contributed by atoms with Gasteiger partial charge in [-0.2, -0.15) is 13.2 Å². The van der Waals surface area contributed by atoms with Crippen molar-refractivity contribution in [1.29, 1.82) is 0 Å². The first-order valence-electron chi connectivity index (χ1n) is 11.0. The van der Waals surface area contributed by atoms with Crippen molar-refractivity contribution in [1.82, 2.24) is 14.1 Å². The lowest BCUT2D eigenvalue weighted by atomic mass is 9.77. The van der Waals surface area contributed by atoms with Crippen molar-refractivity contribution in [2.45, 2.75) is 24.6 Å². The van der Waals surface area contributed by atoms with Gasteiger partial charge in [-0.15, -0.1) is 0 Å². The number of aryl methyl sites for hydroxylation is 2. The molecule has 2 atom stereocenters. The Labute approximate surface area is 223 Å². The molecular formula is C25H20Cl2F3N3O5. The molecule has 0 spiro atoms. The van der Waals surface area contributed by atoms with Gasteiger partial charge in [0.1, 0.15) is 10.9 Å². The number of pyridine rings is 1. The maximum atomic E-state index is 14.5. The van der Waals surface area contributed by atoms with E-state index in [0.717, 1.165) is 12.1 Å². The van der Waals surface area contributed by atoms with E-state index in [-0.39, 0.29) is 38.4 Å². The molecule has 0 saturated carbocycles. The number of nitrogens with zero attached hydrogens (tertiary/aromatic N) is 3. The number of halogens is 5. The third-order valence-corrected chi connectivity index (χ3v) is 7.10. The highest BCUT2D eigenvalue weighted by atomic mass is 35.5. The van der Waals surface area contributed by atoms with Gasteiger partial charge < -0.3 is 14.9 Å². The second kappa shape index (κ2) is 9.64. The Kier molecular flexibility index (Phi) is 6.98. The molecule has 0 bridgehead atoms. The highest BCUT2D eigenvalue weighted by Gasteiger charge is 2.59. The summed E-state index contributed by atoms with van der Waals surface area (Å²) in [6, 6.07) is 9.93. The Hall–Kier alpha value is -3.54. The van der Waals surface area contributed by atoms with E-state index in [0.29, 0.717) is 5.52 Å². The average Bonchev–Trinajstić information content (AvgIpc) is 3.05. The summed E-state index contributed by atoms with van der Waals surface area (Å²) < 4.78 is 51.5. The molecule has 2 aromatic heterocycles. The van der Waals surface area contributed by atoms with Crippen LogP contribution in [0.3, 0.4) is 0 Å². The standard InChI is InChI=1S/C25H20Cl2F3N3O5/c1-12(15-6-5-14(11-17(15)26)38-20-9-7-16(22(34)35)21(27)31-20)24(37,25(28,29)30)13-4-8-18-19(10-13)33(3)23(36)32(18)2/h4-12,37H,1-3H3,(H,34,35). The molecule has 0 aliphatic heterocycles. The molecule has 0 aliphatic carbocycles. The number of benzene rings is 2. The fourth-order valence-corrected chi connectivity index (χ4v) is 4.87. The van der Waals surface area contributed by atoms with Crippen molar-refractivity contribution < 1.29 is 32.9 Å². The van der Waals surface area contributed by atoms with Gasteiger partial charge in [0, 0.05) is 31.1 Å². The highest BCUT2D eigenvalue weighted by molar-refractivity contribution is 6.32. The first kappa shape index (κ1) is 27.5. The number of carbonyl (C=O) groups is 1. The smallest absolute Gasteiger partial charge is 0.422 e. The van der Waals surface area contributed by atoms with Gasteiger partial charge in [-0.05, 0) is 41.5 Å². The Balaban J connectivity index is 1.72. The van der Waals surface area contributed by atoms with Crippen molar-refractivity contribution in [2.24, 2.45) is 14.1 Å². The predicted molar refractivity (Wildman–Crippen MR) is 134 cm³/mol. The second-order valence-corrected chi connectivity index (χ2v) is 9.43. The molecule has 13 heteroatoms. The third kappa shape index (κ3) is 4.50. The highest BCUT2D eigenvalue weighted by Crippen LogP contribution is 2.50. The summed E-state index contributed by atoms with van der Waals surface area (Å²) >= 11 is 12.2. The molecule has 2 unspecified atom stereocenters. The first-order valence-corrected chi connectivity index (χ1v) is 11.7. The fraction of sp³-hybridized carbons (Fsp3) is 0.240. The summed E-state index contributed by atoms with van der Waals surface area (Å²) in [4.78, 5) is 27.2. The summed E-state index contributed by atoms with van der Waals surface area (Å²) in [5.74, 6) is -2.83. The number of fused-ring (bicyclic) bond motifs is 1. The van der Waals surface area contributed by atoms with Crippen LogP contribution in [-0.4, -0.2) is 36.5 Å². The maximum absolute atomic E-state index is 14.5. The van der Waals surface area contributed by atoms with Crippen LogP contribution in [0.15, 0.2) is 53.3 Å². The molecule has 38 heavy (non-hydrogen) atoms. The summed E-state index contributed by atoms with van der Waals surface area (Å²) in [5.41, 5.74) is -3.87. The minimum absolute atomic E-state index is 0.0203. The lowest BCUT2D eigenvalue weighted by Crippen LogP contribution is -2.46. The zero-order valence-electron chi connectivity index (χ0n) is 20.0. The molecule has 4 aromatic rings. The van der Waals surface area contributed by atoms with Crippen LogP contribution in [0.5, 0.6) is 11.6 Å². The average molecular weight is 570 g/mol. The molecule has 2 heterocycles. The van der Waals surface area contributed by atoms with Gasteiger partial charge in [0.15, 0.2) is 5.60 Å². The molecular weight excluding hydrogens is 550 g/mol. The van der Waals surface area contributed by atoms with E-state index < -0.39 is 34.9 Å². The van der Waals surface area contributed by atoms with Gasteiger partial charge in [-0.1, -0.05) is 42.3 Å². The summed E-state index contributed by atoms with van der Waals surface area (Å²) in [5, 5.41) is 19.8. The van der Waals surface area contributed by atoms with Crippen LogP contribution >= 0.6 is 23.2 Å². The van der Waals surface area contributed by atoms with Crippen molar-refractivity contribution in [3.8, 4) is 11.6 Å². The van der Waals surface area contributed by atoms with E-state index in [1.54, 1.807) is 0 Å². The summed E-state index contributed by atoms with van der Waals surface area (Å²) in [6.07, 6.45) is -5.11. The van der Waals surface area contributed by atoms with Gasteiger partial charge in [-0.25, -0.2) is 14.6 Å². The molecule has 2 N–H and O–H groups in total. The number of carboxylic acid groups (broad SMARTS) is 1. The Bertz CT molecular complexity index is 1630. The number of imidazole rings is 1. The summed E-state index contributed by atoms with van der Waals surface area (Å²) in [6.45, 7) is 1.19. The number of hydrogen-bond donors (Lipinski definition) is 2. The quantitative estimate of drug-likeness (QED) is 0.292. The zero-order chi connectivity index (χ0) is 28.2. The van der Waals surface area contributed by atoms with Gasteiger partial charge >= 0.3 is 17.8 Å². The zero-order valence-corrected chi connectivity index (χ0v) is 21.6.